The van der Waals surface area contributed by atoms with Gasteiger partial charge in [0.05, 0.1) is 18.2 Å². The molecule has 0 unspecified atom stereocenters. The molecule has 0 amide bonds. The molecule has 24 heavy (non-hydrogen) atoms. The standard InChI is InChI=1S/C21H20N2O/c1-15-4-3-9-23(15)14-20-12-19-11-18(7-8-21(19)24-20)17-6-2-5-16(10-17)13-22/h2,5-8,10-12,15H,3-4,9,14H2,1H3/t15-/m1/s1. The summed E-state index contributed by atoms with van der Waals surface area (Å²) in [7, 11) is 0. The van der Waals surface area contributed by atoms with Crippen molar-refractivity contribution < 1.29 is 4.42 Å². The van der Waals surface area contributed by atoms with Crippen LogP contribution in [-0.2, 0) is 6.54 Å². The number of fused-ring (bicyclic) bond motifs is 1. The monoisotopic (exact) mass is 316 g/mol. The summed E-state index contributed by atoms with van der Waals surface area (Å²) in [4.78, 5) is 2.48. The number of nitriles is 1. The summed E-state index contributed by atoms with van der Waals surface area (Å²) in [5.74, 6) is 1.03. The van der Waals surface area contributed by atoms with Gasteiger partial charge in [-0.2, -0.15) is 5.26 Å². The van der Waals surface area contributed by atoms with Crippen molar-refractivity contribution in [3.05, 3.63) is 59.9 Å². The van der Waals surface area contributed by atoms with Crippen LogP contribution in [0.2, 0.25) is 0 Å². The Morgan fingerprint density at radius 2 is 2.04 bits per heavy atom. The minimum Gasteiger partial charge on any atom is -0.460 e. The van der Waals surface area contributed by atoms with Crippen LogP contribution in [0.5, 0.6) is 0 Å². The fourth-order valence-electron chi connectivity index (χ4n) is 3.55. The highest BCUT2D eigenvalue weighted by Gasteiger charge is 2.21. The Kier molecular flexibility index (Phi) is 3.84. The van der Waals surface area contributed by atoms with Gasteiger partial charge in [-0.3, -0.25) is 4.90 Å². The summed E-state index contributed by atoms with van der Waals surface area (Å²) in [6.45, 7) is 4.33. The van der Waals surface area contributed by atoms with Gasteiger partial charge in [-0.15, -0.1) is 0 Å². The molecule has 0 aliphatic carbocycles. The molecule has 1 fully saturated rings. The lowest BCUT2D eigenvalue weighted by Crippen LogP contribution is -2.25. The molecule has 3 aromatic rings. The van der Waals surface area contributed by atoms with Crippen molar-refractivity contribution in [1.29, 1.82) is 5.26 Å². The summed E-state index contributed by atoms with van der Waals surface area (Å²) in [6, 6.07) is 18.9. The fourth-order valence-corrected chi connectivity index (χ4v) is 3.55. The molecule has 0 spiro atoms. The predicted octanol–water partition coefficient (Wildman–Crippen LogP) is 4.96. The zero-order valence-corrected chi connectivity index (χ0v) is 13.8. The zero-order chi connectivity index (χ0) is 16.5. The molecule has 0 bridgehead atoms. The van der Waals surface area contributed by atoms with Crippen molar-refractivity contribution in [3.63, 3.8) is 0 Å². The van der Waals surface area contributed by atoms with Crippen molar-refractivity contribution in [2.24, 2.45) is 0 Å². The number of rotatable bonds is 3. The molecule has 0 saturated carbocycles. The van der Waals surface area contributed by atoms with Gasteiger partial charge in [0.15, 0.2) is 0 Å². The van der Waals surface area contributed by atoms with Crippen LogP contribution in [0.4, 0.5) is 0 Å². The van der Waals surface area contributed by atoms with Crippen molar-refractivity contribution in [1.82, 2.24) is 4.90 Å². The topological polar surface area (TPSA) is 40.2 Å². The molecule has 1 aliphatic rings. The smallest absolute Gasteiger partial charge is 0.134 e. The maximum absolute atomic E-state index is 9.07. The van der Waals surface area contributed by atoms with Gasteiger partial charge >= 0.3 is 0 Å². The van der Waals surface area contributed by atoms with Crippen LogP contribution in [0.25, 0.3) is 22.1 Å². The van der Waals surface area contributed by atoms with Gasteiger partial charge in [0.1, 0.15) is 11.3 Å². The number of furan rings is 1. The third-order valence-electron chi connectivity index (χ3n) is 4.94. The van der Waals surface area contributed by atoms with E-state index in [0.717, 1.165) is 40.9 Å². The van der Waals surface area contributed by atoms with Gasteiger partial charge in [-0.1, -0.05) is 18.2 Å². The molecule has 1 saturated heterocycles. The molecular formula is C21H20N2O. The molecule has 3 nitrogen and oxygen atoms in total. The Hall–Kier alpha value is -2.57. The minimum absolute atomic E-state index is 0.641. The summed E-state index contributed by atoms with van der Waals surface area (Å²) in [6.07, 6.45) is 2.56. The lowest BCUT2D eigenvalue weighted by atomic mass is 10.0. The van der Waals surface area contributed by atoms with Gasteiger partial charge in [0, 0.05) is 11.4 Å². The maximum Gasteiger partial charge on any atom is 0.134 e. The number of hydrogen-bond donors (Lipinski definition) is 0. The Morgan fingerprint density at radius 1 is 1.17 bits per heavy atom. The first-order valence-corrected chi connectivity index (χ1v) is 8.50. The average Bonchev–Trinajstić information content (AvgIpc) is 3.20. The van der Waals surface area contributed by atoms with Crippen LogP contribution in [-0.4, -0.2) is 17.5 Å². The molecular weight excluding hydrogens is 296 g/mol. The normalized spacial score (nSPS) is 18.1. The second-order valence-corrected chi connectivity index (χ2v) is 6.62. The molecule has 1 atom stereocenters. The third-order valence-corrected chi connectivity index (χ3v) is 4.94. The van der Waals surface area contributed by atoms with Gasteiger partial charge in [-0.25, -0.2) is 0 Å². The second-order valence-electron chi connectivity index (χ2n) is 6.62. The SMILES string of the molecule is C[C@@H]1CCCN1Cc1cc2cc(-c3cccc(C#N)c3)ccc2o1. The quantitative estimate of drug-likeness (QED) is 0.686. The van der Waals surface area contributed by atoms with Crippen LogP contribution in [0, 0.1) is 11.3 Å². The molecule has 0 radical (unpaired) electrons. The number of nitrogens with zero attached hydrogens (tertiary/aromatic N) is 2. The van der Waals surface area contributed by atoms with Gasteiger partial charge in [-0.05, 0) is 67.8 Å². The van der Waals surface area contributed by atoms with Crippen LogP contribution in [0.15, 0.2) is 52.9 Å². The number of benzene rings is 2. The van der Waals surface area contributed by atoms with Crippen molar-refractivity contribution >= 4 is 11.0 Å². The van der Waals surface area contributed by atoms with Crippen LogP contribution >= 0.6 is 0 Å². The van der Waals surface area contributed by atoms with E-state index in [9.17, 15) is 0 Å². The van der Waals surface area contributed by atoms with Crippen LogP contribution < -0.4 is 0 Å². The molecule has 2 heterocycles. The van der Waals surface area contributed by atoms with E-state index < -0.39 is 0 Å². The molecule has 0 N–H and O–H groups in total. The Balaban J connectivity index is 1.64. The fraction of sp³-hybridized carbons (Fsp3) is 0.286. The molecule has 1 aromatic heterocycles. The summed E-state index contributed by atoms with van der Waals surface area (Å²) < 4.78 is 6.02. The van der Waals surface area contributed by atoms with Crippen molar-refractivity contribution in [2.45, 2.75) is 32.4 Å². The average molecular weight is 316 g/mol. The Morgan fingerprint density at radius 3 is 2.83 bits per heavy atom. The first-order chi connectivity index (χ1) is 11.7. The van der Waals surface area contributed by atoms with Gasteiger partial charge < -0.3 is 4.42 Å². The largest absolute Gasteiger partial charge is 0.460 e. The second kappa shape index (κ2) is 6.14. The first kappa shape index (κ1) is 15.0. The van der Waals surface area contributed by atoms with E-state index in [-0.39, 0.29) is 0 Å². The highest BCUT2D eigenvalue weighted by Crippen LogP contribution is 2.29. The Labute approximate surface area is 142 Å². The highest BCUT2D eigenvalue weighted by atomic mass is 16.3. The molecule has 2 aromatic carbocycles. The zero-order valence-electron chi connectivity index (χ0n) is 13.8. The number of hydrogen-bond acceptors (Lipinski definition) is 3. The van der Waals surface area contributed by atoms with Gasteiger partial charge in [0.2, 0.25) is 0 Å². The van der Waals surface area contributed by atoms with E-state index in [0.29, 0.717) is 11.6 Å². The van der Waals surface area contributed by atoms with Crippen LogP contribution in [0.3, 0.4) is 0 Å². The predicted molar refractivity (Wildman–Crippen MR) is 95.5 cm³/mol. The summed E-state index contributed by atoms with van der Waals surface area (Å²) in [5, 5.41) is 10.2. The van der Waals surface area contributed by atoms with Crippen molar-refractivity contribution in [2.75, 3.05) is 6.54 Å². The van der Waals surface area contributed by atoms with E-state index in [1.165, 1.54) is 12.8 Å². The summed E-state index contributed by atoms with van der Waals surface area (Å²) >= 11 is 0. The lowest BCUT2D eigenvalue weighted by Gasteiger charge is -2.18. The van der Waals surface area contributed by atoms with Gasteiger partial charge in [0.25, 0.3) is 0 Å². The first-order valence-electron chi connectivity index (χ1n) is 8.50. The molecule has 120 valence electrons. The van der Waals surface area contributed by atoms with Crippen molar-refractivity contribution in [3.8, 4) is 17.2 Å². The van der Waals surface area contributed by atoms with E-state index in [2.05, 4.69) is 36.1 Å². The summed E-state index contributed by atoms with van der Waals surface area (Å²) in [5.41, 5.74) is 3.79. The minimum atomic E-state index is 0.641. The van der Waals surface area contributed by atoms with E-state index in [1.54, 1.807) is 0 Å². The highest BCUT2D eigenvalue weighted by molar-refractivity contribution is 5.84. The van der Waals surface area contributed by atoms with E-state index in [1.807, 2.05) is 30.3 Å². The third kappa shape index (κ3) is 2.81. The maximum atomic E-state index is 9.07. The molecule has 4 rings (SSSR count). The Bertz CT molecular complexity index is 919. The van der Waals surface area contributed by atoms with Crippen LogP contribution in [0.1, 0.15) is 31.1 Å². The van der Waals surface area contributed by atoms with E-state index in [4.69, 9.17) is 9.68 Å². The number of likely N-dealkylation sites (tertiary alicyclic amines) is 1. The van der Waals surface area contributed by atoms with E-state index >= 15 is 0 Å². The molecule has 1 aliphatic heterocycles. The molecule has 3 heteroatoms. The lowest BCUT2D eigenvalue weighted by molar-refractivity contribution is 0.241.